The van der Waals surface area contributed by atoms with Gasteiger partial charge in [-0.25, -0.2) is 9.37 Å². The van der Waals surface area contributed by atoms with Gasteiger partial charge in [-0.2, -0.15) is 9.97 Å². The molecule has 4 fully saturated rings. The molecule has 1 unspecified atom stereocenters. The van der Waals surface area contributed by atoms with E-state index in [0.717, 1.165) is 58.3 Å². The van der Waals surface area contributed by atoms with Crippen LogP contribution < -0.4 is 9.64 Å². The molecule has 4 aliphatic rings. The molecule has 3 saturated heterocycles. The lowest BCUT2D eigenvalue weighted by Gasteiger charge is -2.40. The molecule has 0 spiro atoms. The van der Waals surface area contributed by atoms with Crippen LogP contribution in [0.3, 0.4) is 0 Å². The van der Waals surface area contributed by atoms with Gasteiger partial charge in [0.1, 0.15) is 17.9 Å². The Morgan fingerprint density at radius 2 is 2.03 bits per heavy atom. The van der Waals surface area contributed by atoms with Crippen molar-refractivity contribution < 1.29 is 13.6 Å². The van der Waals surface area contributed by atoms with Crippen molar-refractivity contribution >= 4 is 36.6 Å². The monoisotopic (exact) mass is 573 g/mol. The molecule has 2 aromatic rings. The number of rotatable bonds is 6. The number of ether oxygens (including phenoxy) is 1. The second-order valence-corrected chi connectivity index (χ2v) is 19.0. The first-order chi connectivity index (χ1) is 18.3. The van der Waals surface area contributed by atoms with E-state index in [9.17, 15) is 0 Å². The smallest absolute Gasteiger partial charge is 0.319 e. The highest BCUT2D eigenvalue weighted by molar-refractivity contribution is 6.74. The molecule has 39 heavy (non-hydrogen) atoms. The van der Waals surface area contributed by atoms with Crippen LogP contribution in [-0.4, -0.2) is 72.6 Å². The molecule has 3 aliphatic heterocycles. The number of anilines is 1. The average Bonchev–Trinajstić information content (AvgIpc) is 3.47. The van der Waals surface area contributed by atoms with Crippen LogP contribution >= 0.6 is 11.6 Å². The molecule has 1 aliphatic carbocycles. The molecule has 2 bridgehead atoms. The van der Waals surface area contributed by atoms with Crippen molar-refractivity contribution in [2.24, 2.45) is 11.8 Å². The third kappa shape index (κ3) is 4.87. The first kappa shape index (κ1) is 27.4. The summed E-state index contributed by atoms with van der Waals surface area (Å²) in [5.41, 5.74) is 1.34. The Bertz CT molecular complexity index is 1300. The van der Waals surface area contributed by atoms with E-state index in [2.05, 4.69) is 60.2 Å². The SMILES string of the molecule is C=C1CN2CCCC2(COc2nc(N3C[C@@H]4C[C@H](C3)[C@H](O[Si](C)(C)C(C)(C)C)C4)c3cnc(Cl)c(F)c3n2)C1. The Morgan fingerprint density at radius 1 is 1.23 bits per heavy atom. The highest BCUT2D eigenvalue weighted by atomic mass is 35.5. The molecule has 6 rings (SSSR count). The Hall–Kier alpha value is -1.81. The van der Waals surface area contributed by atoms with E-state index in [4.69, 9.17) is 25.7 Å². The molecule has 0 radical (unpaired) electrons. The fraction of sp³-hybridized carbons (Fsp3) is 0.690. The normalized spacial score (nSPS) is 29.5. The van der Waals surface area contributed by atoms with Crippen LogP contribution in [0.2, 0.25) is 23.3 Å². The highest BCUT2D eigenvalue weighted by Crippen LogP contribution is 2.46. The van der Waals surface area contributed by atoms with E-state index in [1.54, 1.807) is 6.20 Å². The summed E-state index contributed by atoms with van der Waals surface area (Å²) in [6.45, 7) is 19.8. The molecule has 5 heterocycles. The zero-order chi connectivity index (χ0) is 27.7. The van der Waals surface area contributed by atoms with Crippen molar-refractivity contribution in [2.45, 2.75) is 82.7 Å². The number of halogens is 2. The maximum Gasteiger partial charge on any atom is 0.319 e. The summed E-state index contributed by atoms with van der Waals surface area (Å²) >= 11 is 6.09. The lowest BCUT2D eigenvalue weighted by atomic mass is 9.94. The number of aromatic nitrogens is 3. The summed E-state index contributed by atoms with van der Waals surface area (Å²) in [4.78, 5) is 18.2. The van der Waals surface area contributed by atoms with Crippen LogP contribution in [0.1, 0.15) is 52.9 Å². The lowest BCUT2D eigenvalue weighted by molar-refractivity contribution is 0.108. The summed E-state index contributed by atoms with van der Waals surface area (Å²) in [5, 5.41) is 0.552. The van der Waals surface area contributed by atoms with Gasteiger partial charge in [-0.15, -0.1) is 0 Å². The van der Waals surface area contributed by atoms with Crippen molar-refractivity contribution in [1.82, 2.24) is 19.9 Å². The number of pyridine rings is 1. The molecular formula is C29H41ClFN5O2Si. The average molecular weight is 574 g/mol. The Morgan fingerprint density at radius 3 is 2.79 bits per heavy atom. The third-order valence-electron chi connectivity index (χ3n) is 10.0. The minimum Gasteiger partial charge on any atom is -0.461 e. The standard InChI is InChI=1S/C29H41ClFN5O2Si/c1-18-12-29(8-7-9-36(29)14-18)17-37-27-33-24-21(13-32-25(30)23(24)31)26(34-27)35-15-19-10-20(16-35)22(11-19)38-39(5,6)28(2,3)4/h13,19-20,22H,1,7-12,14-17H2,2-6H3/t19-,20-,22-,29?/m1/s1. The van der Waals surface area contributed by atoms with Crippen LogP contribution in [-0.2, 0) is 4.43 Å². The molecule has 7 nitrogen and oxygen atoms in total. The first-order valence-electron chi connectivity index (χ1n) is 14.3. The van der Waals surface area contributed by atoms with Gasteiger partial charge in [0.2, 0.25) is 0 Å². The van der Waals surface area contributed by atoms with Crippen LogP contribution in [0.5, 0.6) is 6.01 Å². The van der Waals surface area contributed by atoms with Crippen molar-refractivity contribution in [3.05, 3.63) is 29.3 Å². The Balaban J connectivity index is 1.29. The minimum absolute atomic E-state index is 0.0669. The number of hydrogen-bond donors (Lipinski definition) is 0. The molecule has 0 N–H and O–H groups in total. The van der Waals surface area contributed by atoms with E-state index >= 15 is 4.39 Å². The Kier molecular flexibility index (Phi) is 6.76. The lowest BCUT2D eigenvalue weighted by Crippen LogP contribution is -2.46. The number of hydrogen-bond acceptors (Lipinski definition) is 7. The fourth-order valence-electron chi connectivity index (χ4n) is 7.03. The van der Waals surface area contributed by atoms with E-state index in [1.165, 1.54) is 5.57 Å². The topological polar surface area (TPSA) is 63.6 Å². The van der Waals surface area contributed by atoms with Gasteiger partial charge in [0.05, 0.1) is 10.9 Å². The summed E-state index contributed by atoms with van der Waals surface area (Å²) in [5.74, 6) is 0.968. The maximum atomic E-state index is 15.3. The summed E-state index contributed by atoms with van der Waals surface area (Å²) < 4.78 is 28.5. The second-order valence-electron chi connectivity index (χ2n) is 13.8. The van der Waals surface area contributed by atoms with Gasteiger partial charge in [-0.1, -0.05) is 44.5 Å². The number of piperidine rings is 1. The zero-order valence-electron chi connectivity index (χ0n) is 23.9. The van der Waals surface area contributed by atoms with E-state index in [0.29, 0.717) is 29.6 Å². The maximum absolute atomic E-state index is 15.3. The van der Waals surface area contributed by atoms with Gasteiger partial charge in [0, 0.05) is 37.9 Å². The summed E-state index contributed by atoms with van der Waals surface area (Å²) in [6.07, 6.45) is 7.18. The summed E-state index contributed by atoms with van der Waals surface area (Å²) in [7, 11) is -1.89. The predicted octanol–water partition coefficient (Wildman–Crippen LogP) is 6.23. The van der Waals surface area contributed by atoms with Gasteiger partial charge in [-0.05, 0) is 62.7 Å². The van der Waals surface area contributed by atoms with Crippen molar-refractivity contribution in [1.29, 1.82) is 0 Å². The quantitative estimate of drug-likeness (QED) is 0.231. The molecule has 10 heteroatoms. The van der Waals surface area contributed by atoms with Crippen molar-refractivity contribution in [3.63, 3.8) is 0 Å². The fourth-order valence-corrected chi connectivity index (χ4v) is 8.57. The van der Waals surface area contributed by atoms with Crippen LogP contribution in [0.25, 0.3) is 10.9 Å². The van der Waals surface area contributed by atoms with Crippen molar-refractivity contribution in [3.8, 4) is 6.01 Å². The highest BCUT2D eigenvalue weighted by Gasteiger charge is 2.48. The second kappa shape index (κ2) is 9.64. The van der Waals surface area contributed by atoms with Gasteiger partial charge in [0.15, 0.2) is 19.3 Å². The molecule has 1 saturated carbocycles. The van der Waals surface area contributed by atoms with E-state index < -0.39 is 14.1 Å². The van der Waals surface area contributed by atoms with E-state index in [-0.39, 0.29) is 33.4 Å². The number of nitrogens with zero attached hydrogens (tertiary/aromatic N) is 5. The van der Waals surface area contributed by atoms with Crippen molar-refractivity contribution in [2.75, 3.05) is 37.7 Å². The number of fused-ring (bicyclic) bond motifs is 4. The van der Waals surface area contributed by atoms with Crippen LogP contribution in [0.15, 0.2) is 18.3 Å². The predicted molar refractivity (Wildman–Crippen MR) is 156 cm³/mol. The van der Waals surface area contributed by atoms with Gasteiger partial charge < -0.3 is 14.1 Å². The van der Waals surface area contributed by atoms with Gasteiger partial charge in [-0.3, -0.25) is 4.90 Å². The largest absolute Gasteiger partial charge is 0.461 e. The molecule has 0 aromatic carbocycles. The van der Waals surface area contributed by atoms with Gasteiger partial charge in [0.25, 0.3) is 0 Å². The van der Waals surface area contributed by atoms with E-state index in [1.807, 2.05) is 0 Å². The van der Waals surface area contributed by atoms with Gasteiger partial charge >= 0.3 is 6.01 Å². The minimum atomic E-state index is -1.89. The third-order valence-corrected chi connectivity index (χ3v) is 14.8. The molecular weight excluding hydrogens is 533 g/mol. The molecule has 4 atom stereocenters. The van der Waals surface area contributed by atoms with Crippen LogP contribution in [0.4, 0.5) is 10.2 Å². The van der Waals surface area contributed by atoms with Crippen LogP contribution in [0, 0.1) is 17.7 Å². The molecule has 212 valence electrons. The summed E-state index contributed by atoms with van der Waals surface area (Å²) in [6, 6.07) is 0.199. The Labute approximate surface area is 237 Å². The first-order valence-corrected chi connectivity index (χ1v) is 17.6. The molecule has 0 amide bonds. The zero-order valence-corrected chi connectivity index (χ0v) is 25.7. The molecule has 2 aromatic heterocycles.